The van der Waals surface area contributed by atoms with E-state index in [9.17, 15) is 4.79 Å². The molecule has 1 aromatic carbocycles. The van der Waals surface area contributed by atoms with E-state index in [1.807, 2.05) is 45.2 Å². The Morgan fingerprint density at radius 3 is 2.75 bits per heavy atom. The fourth-order valence-corrected chi connectivity index (χ4v) is 2.00. The van der Waals surface area contributed by atoms with Crippen LogP contribution in [0.4, 0.5) is 5.69 Å². The van der Waals surface area contributed by atoms with Crippen molar-refractivity contribution in [2.75, 3.05) is 11.9 Å². The number of amides is 1. The molecule has 16 heavy (non-hydrogen) atoms. The molecule has 1 atom stereocenters. The average Bonchev–Trinajstić information content (AvgIpc) is 2.26. The number of carbonyl (C=O) groups excluding carboxylic acids is 1. The number of benzene rings is 1. The number of hydrogen-bond acceptors (Lipinski definition) is 2. The Morgan fingerprint density at radius 1 is 1.31 bits per heavy atom. The first-order valence-corrected chi connectivity index (χ1v) is 5.41. The van der Waals surface area contributed by atoms with E-state index in [0.717, 1.165) is 16.9 Å². The van der Waals surface area contributed by atoms with Crippen molar-refractivity contribution in [3.8, 4) is 0 Å². The number of para-hydroxylation sites is 1. The van der Waals surface area contributed by atoms with Gasteiger partial charge in [-0.2, -0.15) is 0 Å². The lowest BCUT2D eigenvalue weighted by Gasteiger charge is -2.27. The summed E-state index contributed by atoms with van der Waals surface area (Å²) in [4.78, 5) is 13.7. The highest BCUT2D eigenvalue weighted by atomic mass is 16.2. The minimum absolute atomic E-state index is 0.0832. The topological polar surface area (TPSA) is 32.3 Å². The smallest absolute Gasteiger partial charge is 0.248 e. The zero-order valence-corrected chi connectivity index (χ0v) is 9.82. The molecule has 0 radical (unpaired) electrons. The molecule has 84 valence electrons. The van der Waals surface area contributed by atoms with Gasteiger partial charge < -0.3 is 10.2 Å². The molecular formula is C13H16N2O. The Hall–Kier alpha value is -1.77. The molecule has 3 nitrogen and oxygen atoms in total. The second kappa shape index (κ2) is 4.00. The van der Waals surface area contributed by atoms with Gasteiger partial charge in [0.1, 0.15) is 6.04 Å². The largest absolute Gasteiger partial charge is 0.377 e. The summed E-state index contributed by atoms with van der Waals surface area (Å²) in [5.74, 6) is 0.0832. The van der Waals surface area contributed by atoms with Crippen LogP contribution >= 0.6 is 0 Å². The second-order valence-electron chi connectivity index (χ2n) is 4.15. The molecule has 1 aliphatic rings. The number of allylic oxidation sites excluding steroid dienone is 1. The van der Waals surface area contributed by atoms with Gasteiger partial charge in [0, 0.05) is 12.7 Å². The minimum atomic E-state index is -0.186. The highest BCUT2D eigenvalue weighted by molar-refractivity contribution is 5.99. The van der Waals surface area contributed by atoms with E-state index >= 15 is 0 Å². The Kier molecular flexibility index (Phi) is 2.69. The third-order valence-electron chi connectivity index (χ3n) is 2.82. The molecule has 0 spiro atoms. The van der Waals surface area contributed by atoms with Crippen molar-refractivity contribution in [1.82, 2.24) is 5.32 Å². The minimum Gasteiger partial charge on any atom is -0.377 e. The molecular weight excluding hydrogens is 200 g/mol. The van der Waals surface area contributed by atoms with Crippen molar-refractivity contribution >= 4 is 17.7 Å². The molecule has 1 amide bonds. The van der Waals surface area contributed by atoms with Crippen molar-refractivity contribution in [2.45, 2.75) is 19.9 Å². The van der Waals surface area contributed by atoms with Crippen molar-refractivity contribution in [1.29, 1.82) is 0 Å². The molecule has 0 bridgehead atoms. The van der Waals surface area contributed by atoms with Crippen LogP contribution < -0.4 is 10.2 Å². The lowest BCUT2D eigenvalue weighted by atomic mass is 10.1. The van der Waals surface area contributed by atoms with Crippen LogP contribution in [0, 0.1) is 0 Å². The van der Waals surface area contributed by atoms with Gasteiger partial charge in [-0.3, -0.25) is 4.79 Å². The van der Waals surface area contributed by atoms with E-state index in [2.05, 4.69) is 11.4 Å². The number of carbonyl (C=O) groups is 1. The van der Waals surface area contributed by atoms with Crippen molar-refractivity contribution in [3.63, 3.8) is 0 Å². The Labute approximate surface area is 95.8 Å². The van der Waals surface area contributed by atoms with Gasteiger partial charge in [-0.1, -0.05) is 18.2 Å². The summed E-state index contributed by atoms with van der Waals surface area (Å²) in [7, 11) is 1.81. The zero-order valence-electron chi connectivity index (χ0n) is 9.82. The van der Waals surface area contributed by atoms with Gasteiger partial charge in [0.05, 0.1) is 5.69 Å². The number of fused-ring (bicyclic) bond motifs is 1. The average molecular weight is 216 g/mol. The lowest BCUT2D eigenvalue weighted by Crippen LogP contribution is -2.43. The van der Waals surface area contributed by atoms with Crippen LogP contribution in [0.5, 0.6) is 0 Å². The molecule has 0 saturated carbocycles. The predicted octanol–water partition coefficient (Wildman–Crippen LogP) is 2.00. The Balaban J connectivity index is 2.55. The third kappa shape index (κ3) is 1.81. The molecule has 1 unspecified atom stereocenters. The van der Waals surface area contributed by atoms with Gasteiger partial charge in [0.2, 0.25) is 5.91 Å². The van der Waals surface area contributed by atoms with E-state index < -0.39 is 0 Å². The van der Waals surface area contributed by atoms with E-state index in [1.165, 1.54) is 0 Å². The van der Waals surface area contributed by atoms with Crippen molar-refractivity contribution in [3.05, 3.63) is 35.5 Å². The molecule has 1 N–H and O–H groups in total. The molecule has 0 aliphatic carbocycles. The van der Waals surface area contributed by atoms with Crippen LogP contribution in [0.1, 0.15) is 19.4 Å². The molecule has 2 rings (SSSR count). The molecule has 1 aromatic rings. The maximum atomic E-state index is 12.0. The standard InChI is InChI=1S/C13H16N2O/c1-9-8-11-6-4-5-7-12(11)15(3)13(16)10(2)14-9/h4-8,10,14H,1-3H3/b9-8+. The third-order valence-corrected chi connectivity index (χ3v) is 2.82. The van der Waals surface area contributed by atoms with Crippen LogP contribution in [-0.4, -0.2) is 19.0 Å². The fraction of sp³-hybridized carbons (Fsp3) is 0.308. The molecule has 1 aliphatic heterocycles. The molecule has 0 aromatic heterocycles. The van der Waals surface area contributed by atoms with Crippen LogP contribution in [0.3, 0.4) is 0 Å². The van der Waals surface area contributed by atoms with Gasteiger partial charge in [-0.15, -0.1) is 0 Å². The number of likely N-dealkylation sites (N-methyl/N-ethyl adjacent to an activating group) is 1. The Morgan fingerprint density at radius 2 is 2.00 bits per heavy atom. The molecule has 0 saturated heterocycles. The van der Waals surface area contributed by atoms with Crippen molar-refractivity contribution in [2.24, 2.45) is 0 Å². The van der Waals surface area contributed by atoms with Crippen LogP contribution in [0.15, 0.2) is 30.0 Å². The van der Waals surface area contributed by atoms with E-state index in [1.54, 1.807) is 4.90 Å². The zero-order chi connectivity index (χ0) is 11.7. The summed E-state index contributed by atoms with van der Waals surface area (Å²) >= 11 is 0. The van der Waals surface area contributed by atoms with E-state index in [4.69, 9.17) is 0 Å². The fourth-order valence-electron chi connectivity index (χ4n) is 2.00. The van der Waals surface area contributed by atoms with Gasteiger partial charge in [-0.25, -0.2) is 0 Å². The maximum Gasteiger partial charge on any atom is 0.248 e. The molecule has 3 heteroatoms. The van der Waals surface area contributed by atoms with Gasteiger partial charge in [-0.05, 0) is 31.6 Å². The Bertz CT molecular complexity index is 451. The summed E-state index contributed by atoms with van der Waals surface area (Å²) in [5, 5.41) is 3.17. The number of nitrogens with zero attached hydrogens (tertiary/aromatic N) is 1. The molecule has 1 heterocycles. The highest BCUT2D eigenvalue weighted by Crippen LogP contribution is 2.23. The summed E-state index contributed by atoms with van der Waals surface area (Å²) in [5.41, 5.74) is 3.04. The number of rotatable bonds is 0. The monoisotopic (exact) mass is 216 g/mol. The van der Waals surface area contributed by atoms with Gasteiger partial charge >= 0.3 is 0 Å². The van der Waals surface area contributed by atoms with Gasteiger partial charge in [0.25, 0.3) is 0 Å². The normalized spacial score (nSPS) is 23.7. The number of anilines is 1. The van der Waals surface area contributed by atoms with E-state index in [0.29, 0.717) is 0 Å². The first-order valence-electron chi connectivity index (χ1n) is 5.41. The summed E-state index contributed by atoms with van der Waals surface area (Å²) in [6.45, 7) is 3.86. The second-order valence-corrected chi connectivity index (χ2v) is 4.15. The predicted molar refractivity (Wildman–Crippen MR) is 66.1 cm³/mol. The summed E-state index contributed by atoms with van der Waals surface area (Å²) in [6, 6.07) is 7.72. The highest BCUT2D eigenvalue weighted by Gasteiger charge is 2.21. The maximum absolute atomic E-state index is 12.0. The van der Waals surface area contributed by atoms with E-state index in [-0.39, 0.29) is 11.9 Å². The van der Waals surface area contributed by atoms with Crippen LogP contribution in [-0.2, 0) is 4.79 Å². The van der Waals surface area contributed by atoms with Crippen LogP contribution in [0.25, 0.3) is 6.08 Å². The van der Waals surface area contributed by atoms with Gasteiger partial charge in [0.15, 0.2) is 0 Å². The van der Waals surface area contributed by atoms with Crippen molar-refractivity contribution < 1.29 is 4.79 Å². The first kappa shape index (κ1) is 10.7. The lowest BCUT2D eigenvalue weighted by molar-refractivity contribution is -0.119. The number of nitrogens with one attached hydrogen (secondary N) is 1. The SMILES string of the molecule is C/C1=C\c2ccccc2N(C)C(=O)C(C)N1. The van der Waals surface area contributed by atoms with Crippen LogP contribution in [0.2, 0.25) is 0 Å². The quantitative estimate of drug-likeness (QED) is 0.719. The first-order chi connectivity index (χ1) is 7.59. The summed E-state index contributed by atoms with van der Waals surface area (Å²) in [6.07, 6.45) is 2.06. The summed E-state index contributed by atoms with van der Waals surface area (Å²) < 4.78 is 0. The molecule has 0 fully saturated rings. The number of hydrogen-bond donors (Lipinski definition) is 1.